The minimum atomic E-state index is -0.449. The summed E-state index contributed by atoms with van der Waals surface area (Å²) in [5.41, 5.74) is -0.0252. The number of hydrogen-bond acceptors (Lipinski definition) is 5. The van der Waals surface area contributed by atoms with Crippen LogP contribution < -0.4 is 10.9 Å². The van der Waals surface area contributed by atoms with Crippen molar-refractivity contribution in [3.63, 3.8) is 0 Å². The molecule has 0 aliphatic heterocycles. The van der Waals surface area contributed by atoms with Gasteiger partial charge >= 0.3 is 0 Å². The molecule has 0 aliphatic rings. The molecule has 0 bridgehead atoms. The van der Waals surface area contributed by atoms with Crippen molar-refractivity contribution < 1.29 is 4.79 Å². The van der Waals surface area contributed by atoms with Crippen molar-refractivity contribution >= 4 is 22.6 Å². The van der Waals surface area contributed by atoms with Crippen molar-refractivity contribution in [1.29, 1.82) is 0 Å². The zero-order valence-electron chi connectivity index (χ0n) is 12.8. The van der Waals surface area contributed by atoms with Gasteiger partial charge in [-0.3, -0.25) is 14.9 Å². The van der Waals surface area contributed by atoms with E-state index in [-0.39, 0.29) is 23.1 Å². The van der Waals surface area contributed by atoms with E-state index in [4.69, 9.17) is 0 Å². The van der Waals surface area contributed by atoms with Crippen molar-refractivity contribution in [2.75, 3.05) is 5.32 Å². The van der Waals surface area contributed by atoms with Crippen molar-refractivity contribution in [3.05, 3.63) is 46.6 Å². The Morgan fingerprint density at radius 3 is 2.70 bits per heavy atom. The molecule has 2 aromatic heterocycles. The van der Waals surface area contributed by atoms with E-state index in [9.17, 15) is 9.59 Å². The zero-order chi connectivity index (χ0) is 16.4. The summed E-state index contributed by atoms with van der Waals surface area (Å²) < 4.78 is 1.34. The fourth-order valence-corrected chi connectivity index (χ4v) is 2.30. The number of H-pyrrole nitrogens is 1. The summed E-state index contributed by atoms with van der Waals surface area (Å²) in [7, 11) is 0. The number of amides is 1. The Morgan fingerprint density at radius 2 is 2.04 bits per heavy atom. The van der Waals surface area contributed by atoms with Crippen LogP contribution >= 0.6 is 0 Å². The van der Waals surface area contributed by atoms with Gasteiger partial charge in [0.25, 0.3) is 11.5 Å². The number of benzene rings is 1. The first-order chi connectivity index (χ1) is 11.1. The molecule has 8 nitrogen and oxygen atoms in total. The van der Waals surface area contributed by atoms with Crippen molar-refractivity contribution in [1.82, 2.24) is 25.0 Å². The van der Waals surface area contributed by atoms with Gasteiger partial charge in [0.1, 0.15) is 6.33 Å². The molecule has 23 heavy (non-hydrogen) atoms. The Labute approximate surface area is 131 Å². The summed E-state index contributed by atoms with van der Waals surface area (Å²) in [6, 6.07) is 6.93. The van der Waals surface area contributed by atoms with E-state index in [1.807, 2.05) is 13.8 Å². The van der Waals surface area contributed by atoms with E-state index >= 15 is 0 Å². The summed E-state index contributed by atoms with van der Waals surface area (Å²) >= 11 is 0. The van der Waals surface area contributed by atoms with Crippen LogP contribution in [0.15, 0.2) is 35.4 Å². The molecule has 1 aromatic carbocycles. The average Bonchev–Trinajstić information content (AvgIpc) is 3.02. The number of anilines is 1. The fraction of sp³-hybridized carbons (Fsp3) is 0.267. The fourth-order valence-electron chi connectivity index (χ4n) is 2.30. The number of nitrogens with zero attached hydrogens (tertiary/aromatic N) is 4. The van der Waals surface area contributed by atoms with E-state index in [2.05, 4.69) is 25.6 Å². The molecule has 118 valence electrons. The molecule has 0 radical (unpaired) electrons. The maximum absolute atomic E-state index is 12.5. The molecule has 0 spiro atoms. The van der Waals surface area contributed by atoms with Gasteiger partial charge in [0.15, 0.2) is 5.69 Å². The number of aromatic amines is 1. The first-order valence-corrected chi connectivity index (χ1v) is 7.23. The topological polar surface area (TPSA) is 106 Å². The highest BCUT2D eigenvalue weighted by molar-refractivity contribution is 6.10. The third-order valence-electron chi connectivity index (χ3n) is 3.27. The second-order valence-corrected chi connectivity index (χ2v) is 5.56. The van der Waals surface area contributed by atoms with E-state index in [0.29, 0.717) is 17.3 Å². The van der Waals surface area contributed by atoms with E-state index in [1.54, 1.807) is 24.3 Å². The SMILES string of the molecule is CC(C)Cn1nc(C(=O)Nc2ncn[nH]2)c2ccccc2c1=O. The van der Waals surface area contributed by atoms with Crippen LogP contribution in [0.4, 0.5) is 5.95 Å². The maximum Gasteiger partial charge on any atom is 0.279 e. The molecule has 2 heterocycles. The van der Waals surface area contributed by atoms with Crippen LogP contribution in [-0.2, 0) is 6.54 Å². The molecular formula is C15H16N6O2. The van der Waals surface area contributed by atoms with Crippen molar-refractivity contribution in [2.24, 2.45) is 5.92 Å². The number of carbonyl (C=O) groups excluding carboxylic acids is 1. The van der Waals surface area contributed by atoms with Gasteiger partial charge in [0.05, 0.1) is 5.39 Å². The van der Waals surface area contributed by atoms with Crippen LogP contribution in [-0.4, -0.2) is 30.9 Å². The number of aromatic nitrogens is 5. The molecule has 3 aromatic rings. The zero-order valence-corrected chi connectivity index (χ0v) is 12.8. The Bertz CT molecular complexity index is 898. The molecule has 2 N–H and O–H groups in total. The average molecular weight is 312 g/mol. The molecule has 3 rings (SSSR count). The molecule has 0 atom stereocenters. The van der Waals surface area contributed by atoms with Gasteiger partial charge in [-0.1, -0.05) is 32.0 Å². The highest BCUT2D eigenvalue weighted by Gasteiger charge is 2.17. The summed E-state index contributed by atoms with van der Waals surface area (Å²) in [6.45, 7) is 4.40. The van der Waals surface area contributed by atoms with Gasteiger partial charge in [0.2, 0.25) is 5.95 Å². The molecular weight excluding hydrogens is 296 g/mol. The van der Waals surface area contributed by atoms with Crippen molar-refractivity contribution in [3.8, 4) is 0 Å². The number of nitrogens with one attached hydrogen (secondary N) is 2. The monoisotopic (exact) mass is 312 g/mol. The maximum atomic E-state index is 12.5. The Balaban J connectivity index is 2.12. The predicted molar refractivity (Wildman–Crippen MR) is 85.2 cm³/mol. The van der Waals surface area contributed by atoms with Crippen LogP contribution in [0.5, 0.6) is 0 Å². The van der Waals surface area contributed by atoms with Gasteiger partial charge in [-0.2, -0.15) is 15.2 Å². The highest BCUT2D eigenvalue weighted by Crippen LogP contribution is 2.14. The molecule has 0 aliphatic carbocycles. The Hall–Kier alpha value is -3.03. The lowest BCUT2D eigenvalue weighted by molar-refractivity contribution is 0.102. The molecule has 8 heteroatoms. The van der Waals surface area contributed by atoms with Gasteiger partial charge in [-0.25, -0.2) is 9.78 Å². The first-order valence-electron chi connectivity index (χ1n) is 7.23. The van der Waals surface area contributed by atoms with E-state index < -0.39 is 5.91 Å². The minimum Gasteiger partial charge on any atom is -0.289 e. The normalized spacial score (nSPS) is 11.1. The lowest BCUT2D eigenvalue weighted by Gasteiger charge is -2.12. The van der Waals surface area contributed by atoms with Gasteiger partial charge in [-0.15, -0.1) is 0 Å². The van der Waals surface area contributed by atoms with Crippen molar-refractivity contribution in [2.45, 2.75) is 20.4 Å². The third kappa shape index (κ3) is 2.96. The Morgan fingerprint density at radius 1 is 1.30 bits per heavy atom. The van der Waals surface area contributed by atoms with Gasteiger partial charge in [-0.05, 0) is 12.0 Å². The number of fused-ring (bicyclic) bond motifs is 1. The molecule has 0 fully saturated rings. The largest absolute Gasteiger partial charge is 0.289 e. The standard InChI is InChI=1S/C15H16N6O2/c1-9(2)7-21-14(23)11-6-4-3-5-10(11)12(20-21)13(22)18-15-16-8-17-19-15/h3-6,8-9H,7H2,1-2H3,(H2,16,17,18,19,22). The quantitative estimate of drug-likeness (QED) is 0.758. The lowest BCUT2D eigenvalue weighted by Crippen LogP contribution is -2.29. The smallest absolute Gasteiger partial charge is 0.279 e. The molecule has 0 saturated heterocycles. The molecule has 0 saturated carbocycles. The highest BCUT2D eigenvalue weighted by atomic mass is 16.2. The number of hydrogen-bond donors (Lipinski definition) is 2. The van der Waals surface area contributed by atoms with Crippen LogP contribution in [0.2, 0.25) is 0 Å². The summed E-state index contributed by atoms with van der Waals surface area (Å²) in [5.74, 6) is 0.00416. The molecule has 1 amide bonds. The van der Waals surface area contributed by atoms with E-state index in [1.165, 1.54) is 11.0 Å². The summed E-state index contributed by atoms with van der Waals surface area (Å²) in [5, 5.41) is 14.0. The predicted octanol–water partition coefficient (Wildman–Crippen LogP) is 1.42. The van der Waals surface area contributed by atoms with Gasteiger partial charge < -0.3 is 0 Å². The van der Waals surface area contributed by atoms with Crippen LogP contribution in [0.1, 0.15) is 24.3 Å². The second kappa shape index (κ2) is 5.99. The first kappa shape index (κ1) is 14.9. The van der Waals surface area contributed by atoms with Crippen LogP contribution in [0.25, 0.3) is 10.8 Å². The summed E-state index contributed by atoms with van der Waals surface area (Å²) in [6.07, 6.45) is 1.29. The second-order valence-electron chi connectivity index (χ2n) is 5.56. The summed E-state index contributed by atoms with van der Waals surface area (Å²) in [4.78, 5) is 28.8. The number of carbonyl (C=O) groups is 1. The lowest BCUT2D eigenvalue weighted by atomic mass is 10.1. The molecule has 0 unspecified atom stereocenters. The van der Waals surface area contributed by atoms with Gasteiger partial charge in [0, 0.05) is 11.9 Å². The van der Waals surface area contributed by atoms with Crippen LogP contribution in [0, 0.1) is 5.92 Å². The Kier molecular flexibility index (Phi) is 3.88. The van der Waals surface area contributed by atoms with E-state index in [0.717, 1.165) is 0 Å². The number of rotatable bonds is 4. The minimum absolute atomic E-state index is 0.178. The van der Waals surface area contributed by atoms with Crippen LogP contribution in [0.3, 0.4) is 0 Å². The third-order valence-corrected chi connectivity index (χ3v) is 3.27.